The maximum absolute atomic E-state index is 12.6. The third-order valence-corrected chi connectivity index (χ3v) is 5.37. The highest BCUT2D eigenvalue weighted by Gasteiger charge is 2.23. The molecule has 0 aromatic carbocycles. The van der Waals surface area contributed by atoms with Crippen LogP contribution in [-0.2, 0) is 23.1 Å². The molecule has 0 aliphatic heterocycles. The molecular weight excluding hydrogens is 352 g/mol. The van der Waals surface area contributed by atoms with Crippen LogP contribution in [0.25, 0.3) is 0 Å². The van der Waals surface area contributed by atoms with E-state index in [-0.39, 0.29) is 18.5 Å². The summed E-state index contributed by atoms with van der Waals surface area (Å²) in [5, 5.41) is 7.59. The van der Waals surface area contributed by atoms with Crippen LogP contribution in [0.3, 0.4) is 0 Å². The first-order chi connectivity index (χ1) is 12.2. The summed E-state index contributed by atoms with van der Waals surface area (Å²) in [6, 6.07) is 0.188. The van der Waals surface area contributed by atoms with Crippen molar-refractivity contribution in [3.63, 3.8) is 0 Å². The van der Waals surface area contributed by atoms with Crippen LogP contribution in [0.15, 0.2) is 12.4 Å². The summed E-state index contributed by atoms with van der Waals surface area (Å²) in [5.41, 5.74) is 2.33. The van der Waals surface area contributed by atoms with Gasteiger partial charge in [0.05, 0.1) is 25.4 Å². The van der Waals surface area contributed by atoms with Crippen molar-refractivity contribution in [3.05, 3.63) is 34.0 Å². The van der Waals surface area contributed by atoms with Gasteiger partial charge in [0.1, 0.15) is 5.00 Å². The van der Waals surface area contributed by atoms with Crippen molar-refractivity contribution in [2.45, 2.75) is 40.3 Å². The lowest BCUT2D eigenvalue weighted by atomic mass is 10.1. The lowest BCUT2D eigenvalue weighted by Crippen LogP contribution is -2.37. The number of nitrogens with one attached hydrogen (secondary N) is 1. The molecule has 0 radical (unpaired) electrons. The minimum absolute atomic E-state index is 0.158. The minimum atomic E-state index is -0.432. The molecule has 0 saturated heterocycles. The Kier molecular flexibility index (Phi) is 6.55. The third-order valence-electron chi connectivity index (χ3n) is 4.25. The lowest BCUT2D eigenvalue weighted by Gasteiger charge is -2.25. The molecule has 2 heterocycles. The number of rotatable bonds is 7. The predicted octanol–water partition coefficient (Wildman–Crippen LogP) is 2.73. The Morgan fingerprint density at radius 3 is 2.62 bits per heavy atom. The zero-order valence-electron chi connectivity index (χ0n) is 16.1. The van der Waals surface area contributed by atoms with Gasteiger partial charge in [-0.25, -0.2) is 4.79 Å². The summed E-state index contributed by atoms with van der Waals surface area (Å²) in [6.45, 7) is 8.72. The Bertz CT molecular complexity index is 794. The number of nitrogens with zero attached hydrogens (tertiary/aromatic N) is 3. The lowest BCUT2D eigenvalue weighted by molar-refractivity contribution is -0.117. The van der Waals surface area contributed by atoms with E-state index in [1.807, 2.05) is 40.9 Å². The number of thiophene rings is 1. The number of methoxy groups -OCH3 is 1. The molecule has 0 aliphatic carbocycles. The molecule has 0 bridgehead atoms. The fraction of sp³-hybridized carbons (Fsp3) is 0.500. The van der Waals surface area contributed by atoms with Gasteiger partial charge in [-0.3, -0.25) is 14.4 Å². The van der Waals surface area contributed by atoms with Gasteiger partial charge in [-0.05, 0) is 33.3 Å². The zero-order chi connectivity index (χ0) is 19.4. The van der Waals surface area contributed by atoms with Crippen molar-refractivity contribution in [1.29, 1.82) is 0 Å². The van der Waals surface area contributed by atoms with Crippen LogP contribution in [0, 0.1) is 13.8 Å². The van der Waals surface area contributed by atoms with Gasteiger partial charge >= 0.3 is 5.97 Å². The Balaban J connectivity index is 2.11. The smallest absolute Gasteiger partial charge is 0.341 e. The van der Waals surface area contributed by atoms with E-state index in [1.165, 1.54) is 18.4 Å². The second-order valence-corrected chi connectivity index (χ2v) is 7.77. The Labute approximate surface area is 157 Å². The van der Waals surface area contributed by atoms with Crippen LogP contribution in [0.5, 0.6) is 0 Å². The summed E-state index contributed by atoms with van der Waals surface area (Å²) in [6.07, 6.45) is 3.74. The number of amides is 1. The number of esters is 1. The standard InChI is InChI=1S/C18H26N4O3S/c1-11(2)22(9-14-7-19-21(5)8-14)10-15(23)20-17-16(18(24)25-6)12(3)13(4)26-17/h7-8,11H,9-10H2,1-6H3,(H,20,23). The van der Waals surface area contributed by atoms with E-state index in [2.05, 4.69) is 15.3 Å². The fourth-order valence-corrected chi connectivity index (χ4v) is 3.69. The van der Waals surface area contributed by atoms with E-state index in [1.54, 1.807) is 10.9 Å². The topological polar surface area (TPSA) is 76.5 Å². The zero-order valence-corrected chi connectivity index (χ0v) is 16.9. The highest BCUT2D eigenvalue weighted by atomic mass is 32.1. The van der Waals surface area contributed by atoms with Crippen molar-refractivity contribution in [3.8, 4) is 0 Å². The Hall–Kier alpha value is -2.19. The summed E-state index contributed by atoms with van der Waals surface area (Å²) in [5.74, 6) is -0.591. The van der Waals surface area contributed by atoms with Crippen LogP contribution >= 0.6 is 11.3 Å². The molecular formula is C18H26N4O3S. The van der Waals surface area contributed by atoms with E-state index < -0.39 is 5.97 Å². The highest BCUT2D eigenvalue weighted by Crippen LogP contribution is 2.32. The molecule has 0 unspecified atom stereocenters. The number of carbonyl (C=O) groups excluding carboxylic acids is 2. The van der Waals surface area contributed by atoms with Crippen LogP contribution in [0.2, 0.25) is 0 Å². The highest BCUT2D eigenvalue weighted by molar-refractivity contribution is 7.16. The number of aromatic nitrogens is 2. The van der Waals surface area contributed by atoms with Gasteiger partial charge < -0.3 is 10.1 Å². The van der Waals surface area contributed by atoms with Gasteiger partial charge in [0.2, 0.25) is 5.91 Å². The van der Waals surface area contributed by atoms with Crippen LogP contribution in [0.1, 0.15) is 40.2 Å². The van der Waals surface area contributed by atoms with Gasteiger partial charge in [-0.1, -0.05) is 0 Å². The fourth-order valence-electron chi connectivity index (χ4n) is 2.62. The van der Waals surface area contributed by atoms with E-state index in [9.17, 15) is 9.59 Å². The van der Waals surface area contributed by atoms with Crippen LogP contribution < -0.4 is 5.32 Å². The molecule has 26 heavy (non-hydrogen) atoms. The Morgan fingerprint density at radius 2 is 2.08 bits per heavy atom. The molecule has 0 aliphatic rings. The molecule has 0 spiro atoms. The first kappa shape index (κ1) is 20.1. The van der Waals surface area contributed by atoms with Crippen molar-refractivity contribution >= 4 is 28.2 Å². The molecule has 1 N–H and O–H groups in total. The van der Waals surface area contributed by atoms with Gasteiger partial charge in [0, 0.05) is 36.3 Å². The molecule has 0 fully saturated rings. The molecule has 2 rings (SSSR count). The molecule has 0 saturated carbocycles. The monoisotopic (exact) mass is 378 g/mol. The second-order valence-electron chi connectivity index (χ2n) is 6.55. The average molecular weight is 378 g/mol. The molecule has 7 nitrogen and oxygen atoms in total. The summed E-state index contributed by atoms with van der Waals surface area (Å²) < 4.78 is 6.59. The molecule has 2 aromatic heterocycles. The molecule has 2 aromatic rings. The SMILES string of the molecule is COC(=O)c1c(NC(=O)CN(Cc2cnn(C)c2)C(C)C)sc(C)c1C. The second kappa shape index (κ2) is 8.46. The maximum Gasteiger partial charge on any atom is 0.341 e. The van der Waals surface area contributed by atoms with Gasteiger partial charge in [0.15, 0.2) is 0 Å². The molecule has 0 atom stereocenters. The predicted molar refractivity (Wildman–Crippen MR) is 103 cm³/mol. The molecule has 8 heteroatoms. The van der Waals surface area contributed by atoms with E-state index in [4.69, 9.17) is 4.74 Å². The van der Waals surface area contributed by atoms with E-state index >= 15 is 0 Å². The van der Waals surface area contributed by atoms with Crippen LogP contribution in [-0.4, -0.2) is 46.3 Å². The van der Waals surface area contributed by atoms with Crippen molar-refractivity contribution in [2.75, 3.05) is 19.0 Å². The van der Waals surface area contributed by atoms with Crippen molar-refractivity contribution in [1.82, 2.24) is 14.7 Å². The van der Waals surface area contributed by atoms with Gasteiger partial charge in [-0.15, -0.1) is 11.3 Å². The summed E-state index contributed by atoms with van der Waals surface area (Å²) in [4.78, 5) is 27.7. The van der Waals surface area contributed by atoms with E-state index in [0.717, 1.165) is 16.0 Å². The Morgan fingerprint density at radius 1 is 1.38 bits per heavy atom. The number of hydrogen-bond acceptors (Lipinski definition) is 6. The normalized spacial score (nSPS) is 11.2. The minimum Gasteiger partial charge on any atom is -0.465 e. The number of hydrogen-bond donors (Lipinski definition) is 1. The quantitative estimate of drug-likeness (QED) is 0.750. The number of anilines is 1. The van der Waals surface area contributed by atoms with Crippen LogP contribution in [0.4, 0.5) is 5.00 Å². The maximum atomic E-state index is 12.6. The van der Waals surface area contributed by atoms with Gasteiger partial charge in [-0.2, -0.15) is 5.10 Å². The van der Waals surface area contributed by atoms with Crippen molar-refractivity contribution in [2.24, 2.45) is 7.05 Å². The van der Waals surface area contributed by atoms with Crippen molar-refractivity contribution < 1.29 is 14.3 Å². The number of carbonyl (C=O) groups is 2. The number of ether oxygens (including phenoxy) is 1. The first-order valence-electron chi connectivity index (χ1n) is 8.42. The largest absolute Gasteiger partial charge is 0.465 e. The van der Waals surface area contributed by atoms with E-state index in [0.29, 0.717) is 17.1 Å². The third kappa shape index (κ3) is 4.70. The average Bonchev–Trinajstić information content (AvgIpc) is 3.09. The molecule has 1 amide bonds. The summed E-state index contributed by atoms with van der Waals surface area (Å²) in [7, 11) is 3.21. The molecule has 142 valence electrons. The van der Waals surface area contributed by atoms with Gasteiger partial charge in [0.25, 0.3) is 0 Å². The number of aryl methyl sites for hydroxylation is 2. The summed E-state index contributed by atoms with van der Waals surface area (Å²) >= 11 is 1.39. The first-order valence-corrected chi connectivity index (χ1v) is 9.24.